The van der Waals surface area contributed by atoms with Gasteiger partial charge in [-0.05, 0) is 77.1 Å². The highest BCUT2D eigenvalue weighted by Gasteiger charge is 2.47. The molecule has 3 aliphatic rings. The minimum atomic E-state index is -0.477. The van der Waals surface area contributed by atoms with Gasteiger partial charge < -0.3 is 14.4 Å². The van der Waals surface area contributed by atoms with Gasteiger partial charge in [0.1, 0.15) is 5.60 Å². The van der Waals surface area contributed by atoms with Crippen LogP contribution in [0.3, 0.4) is 0 Å². The number of benzene rings is 1. The molecule has 0 radical (unpaired) electrons. The number of carbonyl (C=O) groups is 1. The number of hydrogen-bond donors (Lipinski definition) is 0. The molecule has 154 valence electrons. The van der Waals surface area contributed by atoms with E-state index < -0.39 is 5.60 Å². The van der Waals surface area contributed by atoms with Gasteiger partial charge >= 0.3 is 6.09 Å². The number of piperidine rings is 1. The lowest BCUT2D eigenvalue weighted by Gasteiger charge is -2.41. The van der Waals surface area contributed by atoms with Crippen LogP contribution < -0.4 is 4.90 Å². The fourth-order valence-electron chi connectivity index (χ4n) is 5.00. The summed E-state index contributed by atoms with van der Waals surface area (Å²) in [5, 5.41) is 0. The lowest BCUT2D eigenvalue weighted by atomic mass is 9.74. The van der Waals surface area contributed by atoms with Crippen molar-refractivity contribution in [3.05, 3.63) is 29.8 Å². The monoisotopic (exact) mass is 386 g/mol. The first-order chi connectivity index (χ1) is 13.4. The van der Waals surface area contributed by atoms with Gasteiger partial charge in [0.2, 0.25) is 0 Å². The van der Waals surface area contributed by atoms with Gasteiger partial charge in [-0.25, -0.2) is 4.79 Å². The number of para-hydroxylation sites is 1. The molecule has 5 nitrogen and oxygen atoms in total. The molecule has 0 aliphatic carbocycles. The third kappa shape index (κ3) is 4.06. The van der Waals surface area contributed by atoms with E-state index in [4.69, 9.17) is 9.47 Å². The molecule has 0 bridgehead atoms. The molecule has 0 saturated carbocycles. The summed E-state index contributed by atoms with van der Waals surface area (Å²) >= 11 is 0. The van der Waals surface area contributed by atoms with Crippen molar-refractivity contribution < 1.29 is 14.3 Å². The average Bonchev–Trinajstić information content (AvgIpc) is 2.98. The number of fused-ring (bicyclic) bond motifs is 2. The van der Waals surface area contributed by atoms with Gasteiger partial charge in [-0.2, -0.15) is 0 Å². The molecule has 1 aromatic carbocycles. The number of carbonyl (C=O) groups excluding carboxylic acids is 1. The highest BCUT2D eigenvalue weighted by molar-refractivity contribution is 5.91. The van der Waals surface area contributed by atoms with E-state index in [-0.39, 0.29) is 11.5 Å². The Balaban J connectivity index is 1.46. The van der Waals surface area contributed by atoms with Crippen molar-refractivity contribution in [2.75, 3.05) is 44.3 Å². The second-order valence-corrected chi connectivity index (χ2v) is 9.72. The maximum Gasteiger partial charge on any atom is 0.414 e. The van der Waals surface area contributed by atoms with Gasteiger partial charge in [0.25, 0.3) is 0 Å². The Hall–Kier alpha value is -1.59. The SMILES string of the molecule is CC(C)(C)OC(=O)N1CC2(CCN(CC3CCOCC3)CC2)c2ccccc21. The smallest absolute Gasteiger partial charge is 0.414 e. The molecule has 4 rings (SSSR count). The molecular formula is C23H34N2O3. The van der Waals surface area contributed by atoms with E-state index in [1.165, 1.54) is 24.9 Å². The van der Waals surface area contributed by atoms with Crippen molar-refractivity contribution in [3.8, 4) is 0 Å². The summed E-state index contributed by atoms with van der Waals surface area (Å²) in [6.45, 7) is 11.8. The summed E-state index contributed by atoms with van der Waals surface area (Å²) in [4.78, 5) is 17.4. The molecule has 3 aliphatic heterocycles. The molecule has 0 N–H and O–H groups in total. The number of amides is 1. The van der Waals surface area contributed by atoms with Crippen LogP contribution in [0.2, 0.25) is 0 Å². The Labute approximate surface area is 169 Å². The van der Waals surface area contributed by atoms with Gasteiger partial charge in [0.05, 0.1) is 5.69 Å². The minimum Gasteiger partial charge on any atom is -0.443 e. The van der Waals surface area contributed by atoms with Crippen molar-refractivity contribution in [3.63, 3.8) is 0 Å². The van der Waals surface area contributed by atoms with Gasteiger partial charge in [0.15, 0.2) is 0 Å². The van der Waals surface area contributed by atoms with Crippen LogP contribution in [0.1, 0.15) is 52.0 Å². The van der Waals surface area contributed by atoms with Crippen LogP contribution in [0, 0.1) is 5.92 Å². The summed E-state index contributed by atoms with van der Waals surface area (Å²) in [5.41, 5.74) is 1.95. The number of rotatable bonds is 2. The second-order valence-electron chi connectivity index (χ2n) is 9.72. The quantitative estimate of drug-likeness (QED) is 0.764. The highest BCUT2D eigenvalue weighted by atomic mass is 16.6. The fourth-order valence-corrected chi connectivity index (χ4v) is 5.00. The summed E-state index contributed by atoms with van der Waals surface area (Å²) < 4.78 is 11.2. The van der Waals surface area contributed by atoms with E-state index >= 15 is 0 Å². The van der Waals surface area contributed by atoms with Crippen LogP contribution in [-0.4, -0.2) is 56.0 Å². The van der Waals surface area contributed by atoms with Gasteiger partial charge in [-0.1, -0.05) is 18.2 Å². The number of anilines is 1. The van der Waals surface area contributed by atoms with Crippen molar-refractivity contribution in [1.29, 1.82) is 0 Å². The standard InChI is InChI=1S/C23H34N2O3/c1-22(2,3)28-21(26)25-17-23(19-6-4-5-7-20(19)25)10-12-24(13-11-23)16-18-8-14-27-15-9-18/h4-7,18H,8-17H2,1-3H3. The van der Waals surface area contributed by atoms with E-state index in [0.29, 0.717) is 0 Å². The third-order valence-corrected chi connectivity index (χ3v) is 6.51. The Kier molecular flexibility index (Phi) is 5.41. The van der Waals surface area contributed by atoms with E-state index in [2.05, 4.69) is 23.1 Å². The maximum absolute atomic E-state index is 12.9. The lowest BCUT2D eigenvalue weighted by Crippen LogP contribution is -2.48. The number of ether oxygens (including phenoxy) is 2. The minimum absolute atomic E-state index is 0.0691. The zero-order valence-corrected chi connectivity index (χ0v) is 17.6. The van der Waals surface area contributed by atoms with Crippen LogP contribution in [0.15, 0.2) is 24.3 Å². The van der Waals surface area contributed by atoms with Crippen LogP contribution >= 0.6 is 0 Å². The predicted molar refractivity (Wildman–Crippen MR) is 111 cm³/mol. The third-order valence-electron chi connectivity index (χ3n) is 6.51. The van der Waals surface area contributed by atoms with Crippen LogP contribution in [-0.2, 0) is 14.9 Å². The molecule has 3 heterocycles. The molecule has 2 fully saturated rings. The Bertz CT molecular complexity index is 698. The molecule has 2 saturated heterocycles. The van der Waals surface area contributed by atoms with Gasteiger partial charge in [-0.3, -0.25) is 4.90 Å². The first-order valence-corrected chi connectivity index (χ1v) is 10.8. The summed E-state index contributed by atoms with van der Waals surface area (Å²) in [6, 6.07) is 8.42. The lowest BCUT2D eigenvalue weighted by molar-refractivity contribution is 0.0446. The van der Waals surface area contributed by atoms with Crippen molar-refractivity contribution in [1.82, 2.24) is 4.90 Å². The zero-order chi connectivity index (χ0) is 19.8. The molecule has 0 atom stereocenters. The summed E-state index contributed by atoms with van der Waals surface area (Å²) in [5.74, 6) is 0.775. The largest absolute Gasteiger partial charge is 0.443 e. The Morgan fingerprint density at radius 1 is 1.18 bits per heavy atom. The Morgan fingerprint density at radius 3 is 2.54 bits per heavy atom. The topological polar surface area (TPSA) is 42.0 Å². The molecular weight excluding hydrogens is 352 g/mol. The van der Waals surface area contributed by atoms with E-state index in [0.717, 1.165) is 57.3 Å². The van der Waals surface area contributed by atoms with Gasteiger partial charge in [-0.15, -0.1) is 0 Å². The average molecular weight is 387 g/mol. The van der Waals surface area contributed by atoms with Crippen molar-refractivity contribution >= 4 is 11.8 Å². The van der Waals surface area contributed by atoms with E-state index in [1.54, 1.807) is 0 Å². The van der Waals surface area contributed by atoms with E-state index in [1.807, 2.05) is 31.7 Å². The Morgan fingerprint density at radius 2 is 1.86 bits per heavy atom. The summed E-state index contributed by atoms with van der Waals surface area (Å²) in [6.07, 6.45) is 4.37. The van der Waals surface area contributed by atoms with Crippen LogP contribution in [0.25, 0.3) is 0 Å². The van der Waals surface area contributed by atoms with E-state index in [9.17, 15) is 4.79 Å². The first kappa shape index (κ1) is 19.7. The van der Waals surface area contributed by atoms with Crippen LogP contribution in [0.5, 0.6) is 0 Å². The van der Waals surface area contributed by atoms with Crippen LogP contribution in [0.4, 0.5) is 10.5 Å². The highest BCUT2D eigenvalue weighted by Crippen LogP contribution is 2.47. The van der Waals surface area contributed by atoms with Gasteiger partial charge in [0, 0.05) is 31.7 Å². The molecule has 1 spiro atoms. The van der Waals surface area contributed by atoms with Crippen molar-refractivity contribution in [2.24, 2.45) is 5.92 Å². The zero-order valence-electron chi connectivity index (χ0n) is 17.6. The summed E-state index contributed by atoms with van der Waals surface area (Å²) in [7, 11) is 0. The number of likely N-dealkylation sites (tertiary alicyclic amines) is 1. The second kappa shape index (κ2) is 7.68. The molecule has 0 aromatic heterocycles. The molecule has 5 heteroatoms. The normalized spacial score (nSPS) is 23.0. The molecule has 1 aromatic rings. The fraction of sp³-hybridized carbons (Fsp3) is 0.696. The molecule has 0 unspecified atom stereocenters. The van der Waals surface area contributed by atoms with Crippen molar-refractivity contribution in [2.45, 2.75) is 57.5 Å². The number of hydrogen-bond acceptors (Lipinski definition) is 4. The predicted octanol–water partition coefficient (Wildman–Crippen LogP) is 4.20. The maximum atomic E-state index is 12.9. The number of nitrogens with zero attached hydrogens (tertiary/aromatic N) is 2. The molecule has 1 amide bonds. The first-order valence-electron chi connectivity index (χ1n) is 10.8. The molecule has 28 heavy (non-hydrogen) atoms.